The summed E-state index contributed by atoms with van der Waals surface area (Å²) in [5, 5.41) is 0. The van der Waals surface area contributed by atoms with Gasteiger partial charge in [-0.15, -0.1) is 12.4 Å². The summed E-state index contributed by atoms with van der Waals surface area (Å²) in [5.74, 6) is 4.02. The van der Waals surface area contributed by atoms with E-state index >= 15 is 0 Å². The second-order valence-electron chi connectivity index (χ2n) is 13.1. The molecule has 0 unspecified atom stereocenters. The molecule has 1 aliphatic rings. The van der Waals surface area contributed by atoms with E-state index in [4.69, 9.17) is 9.47 Å². The number of carbonyl (C=O) groups is 1. The van der Waals surface area contributed by atoms with Crippen molar-refractivity contribution in [2.45, 2.75) is 132 Å². The first-order valence-electron chi connectivity index (χ1n) is 15.0. The Balaban J connectivity index is 0.00000722. The van der Waals surface area contributed by atoms with Crippen LogP contribution in [0.1, 0.15) is 121 Å². The molecule has 0 bridgehead atoms. The first-order valence-corrected chi connectivity index (χ1v) is 15.0. The zero-order valence-electron chi connectivity index (χ0n) is 26.3. The van der Waals surface area contributed by atoms with Crippen molar-refractivity contribution >= 4 is 18.4 Å². The Morgan fingerprint density at radius 1 is 0.895 bits per heavy atom. The second-order valence-corrected chi connectivity index (χ2v) is 13.1. The molecule has 0 saturated carbocycles. The first-order chi connectivity index (χ1) is 17.3. The standard InChI is InChI=1S/C33H57NO3.ClH/c1-23(2)14-11-15-24(3)16-12-17-25(4)18-13-20-33(8)21-19-29-28(7)31(36-30(35)22-34(9)10)26(5)27(6)32(29)37-33;/h23-25H,11-22H2,1-10H3;1H/t24-,25-,33-;/m1./s1. The number of carbonyl (C=O) groups excluding carboxylic acids is 1. The van der Waals surface area contributed by atoms with Crippen molar-refractivity contribution in [1.82, 2.24) is 4.90 Å². The molecule has 1 aromatic rings. The Labute approximate surface area is 241 Å². The first kappa shape index (κ1) is 34.8. The Hall–Kier alpha value is -1.26. The molecule has 0 aromatic heterocycles. The van der Waals surface area contributed by atoms with Gasteiger partial charge in [0.05, 0.1) is 6.54 Å². The Bertz CT molecular complexity index is 882. The highest BCUT2D eigenvalue weighted by atomic mass is 35.5. The van der Waals surface area contributed by atoms with Crippen LogP contribution in [0.25, 0.3) is 0 Å². The Morgan fingerprint density at radius 2 is 1.45 bits per heavy atom. The van der Waals surface area contributed by atoms with Crippen LogP contribution < -0.4 is 9.47 Å². The highest BCUT2D eigenvalue weighted by molar-refractivity contribution is 5.85. The lowest BCUT2D eigenvalue weighted by Gasteiger charge is -2.38. The maximum Gasteiger partial charge on any atom is 0.325 e. The number of benzene rings is 1. The number of nitrogens with zero attached hydrogens (tertiary/aromatic N) is 1. The lowest BCUT2D eigenvalue weighted by molar-refractivity contribution is -0.135. The van der Waals surface area contributed by atoms with E-state index in [-0.39, 0.29) is 30.5 Å². The van der Waals surface area contributed by atoms with Crippen LogP contribution in [0, 0.1) is 38.5 Å². The molecular formula is C33H58ClNO3. The molecule has 1 heterocycles. The molecule has 5 heteroatoms. The quantitative estimate of drug-likeness (QED) is 0.161. The average molecular weight is 552 g/mol. The molecule has 1 aromatic carbocycles. The maximum absolute atomic E-state index is 12.4. The molecular weight excluding hydrogens is 494 g/mol. The third kappa shape index (κ3) is 10.7. The van der Waals surface area contributed by atoms with E-state index < -0.39 is 0 Å². The highest BCUT2D eigenvalue weighted by Crippen LogP contribution is 2.45. The number of hydrogen-bond donors (Lipinski definition) is 0. The summed E-state index contributed by atoms with van der Waals surface area (Å²) in [4.78, 5) is 14.2. The van der Waals surface area contributed by atoms with Crippen LogP contribution in [-0.4, -0.2) is 37.1 Å². The maximum atomic E-state index is 12.4. The highest BCUT2D eigenvalue weighted by Gasteiger charge is 2.34. The number of halogens is 1. The molecule has 2 rings (SSSR count). The van der Waals surface area contributed by atoms with Gasteiger partial charge in [0.2, 0.25) is 0 Å². The lowest BCUT2D eigenvalue weighted by Crippen LogP contribution is -2.37. The number of hydrogen-bond acceptors (Lipinski definition) is 4. The second kappa shape index (κ2) is 16.1. The van der Waals surface area contributed by atoms with E-state index in [0.717, 1.165) is 65.2 Å². The summed E-state index contributed by atoms with van der Waals surface area (Å²) in [5.41, 5.74) is 4.27. The van der Waals surface area contributed by atoms with Crippen LogP contribution in [-0.2, 0) is 11.2 Å². The fourth-order valence-corrected chi connectivity index (χ4v) is 5.82. The van der Waals surface area contributed by atoms with Crippen LogP contribution in [0.2, 0.25) is 0 Å². The van der Waals surface area contributed by atoms with Crippen molar-refractivity contribution in [3.05, 3.63) is 22.3 Å². The summed E-state index contributed by atoms with van der Waals surface area (Å²) in [7, 11) is 3.76. The van der Waals surface area contributed by atoms with Crippen molar-refractivity contribution in [2.75, 3.05) is 20.6 Å². The summed E-state index contributed by atoms with van der Waals surface area (Å²) < 4.78 is 12.6. The molecule has 0 saturated heterocycles. The Kier molecular flexibility index (Phi) is 14.7. The van der Waals surface area contributed by atoms with Gasteiger partial charge in [0.15, 0.2) is 0 Å². The molecule has 3 atom stereocenters. The monoisotopic (exact) mass is 551 g/mol. The number of likely N-dealkylation sites (N-methyl/N-ethyl adjacent to an activating group) is 1. The van der Waals surface area contributed by atoms with E-state index in [9.17, 15) is 4.79 Å². The molecule has 1 aliphatic heterocycles. The van der Waals surface area contributed by atoms with Crippen molar-refractivity contribution in [3.8, 4) is 11.5 Å². The predicted molar refractivity (Wildman–Crippen MR) is 164 cm³/mol. The van der Waals surface area contributed by atoms with Crippen LogP contribution >= 0.6 is 12.4 Å². The smallest absolute Gasteiger partial charge is 0.325 e. The molecule has 220 valence electrons. The number of esters is 1. The van der Waals surface area contributed by atoms with Crippen LogP contribution in [0.3, 0.4) is 0 Å². The van der Waals surface area contributed by atoms with Gasteiger partial charge < -0.3 is 9.47 Å². The molecule has 4 nitrogen and oxygen atoms in total. The van der Waals surface area contributed by atoms with Crippen LogP contribution in [0.5, 0.6) is 11.5 Å². The zero-order chi connectivity index (χ0) is 27.8. The Morgan fingerprint density at radius 3 is 2.00 bits per heavy atom. The van der Waals surface area contributed by atoms with Gasteiger partial charge in [-0.3, -0.25) is 9.69 Å². The fraction of sp³-hybridized carbons (Fsp3) is 0.788. The molecule has 0 aliphatic carbocycles. The topological polar surface area (TPSA) is 38.8 Å². The minimum Gasteiger partial charge on any atom is -0.487 e. The number of fused-ring (bicyclic) bond motifs is 1. The van der Waals surface area contributed by atoms with Crippen molar-refractivity contribution < 1.29 is 14.3 Å². The van der Waals surface area contributed by atoms with Gasteiger partial charge in [0, 0.05) is 5.56 Å². The van der Waals surface area contributed by atoms with Gasteiger partial charge in [0.1, 0.15) is 17.1 Å². The van der Waals surface area contributed by atoms with E-state index in [2.05, 4.69) is 48.5 Å². The third-order valence-corrected chi connectivity index (χ3v) is 8.50. The normalized spacial score (nSPS) is 18.5. The van der Waals surface area contributed by atoms with E-state index in [1.165, 1.54) is 56.9 Å². The summed E-state index contributed by atoms with van der Waals surface area (Å²) in [6.07, 6.45) is 13.8. The van der Waals surface area contributed by atoms with E-state index in [1.807, 2.05) is 25.9 Å². The summed E-state index contributed by atoms with van der Waals surface area (Å²) in [6.45, 7) is 18.3. The van der Waals surface area contributed by atoms with Crippen LogP contribution in [0.4, 0.5) is 0 Å². The largest absolute Gasteiger partial charge is 0.487 e. The van der Waals surface area contributed by atoms with Gasteiger partial charge in [-0.1, -0.05) is 72.6 Å². The summed E-state index contributed by atoms with van der Waals surface area (Å²) in [6, 6.07) is 0. The lowest BCUT2D eigenvalue weighted by atomic mass is 9.83. The molecule has 0 radical (unpaired) electrons. The van der Waals surface area contributed by atoms with Crippen molar-refractivity contribution in [2.24, 2.45) is 17.8 Å². The minimum absolute atomic E-state index is 0. The predicted octanol–water partition coefficient (Wildman–Crippen LogP) is 9.02. The van der Waals surface area contributed by atoms with Gasteiger partial charge in [-0.05, 0) is 102 Å². The fourth-order valence-electron chi connectivity index (χ4n) is 5.82. The average Bonchev–Trinajstić information content (AvgIpc) is 2.79. The van der Waals surface area contributed by atoms with E-state index in [1.54, 1.807) is 0 Å². The third-order valence-electron chi connectivity index (χ3n) is 8.50. The van der Waals surface area contributed by atoms with Crippen molar-refractivity contribution in [3.63, 3.8) is 0 Å². The molecule has 0 spiro atoms. The zero-order valence-corrected chi connectivity index (χ0v) is 27.1. The molecule has 38 heavy (non-hydrogen) atoms. The van der Waals surface area contributed by atoms with Gasteiger partial charge >= 0.3 is 5.97 Å². The number of ether oxygens (including phenoxy) is 2. The minimum atomic E-state index is -0.216. The van der Waals surface area contributed by atoms with Crippen molar-refractivity contribution in [1.29, 1.82) is 0 Å². The van der Waals surface area contributed by atoms with E-state index in [0.29, 0.717) is 0 Å². The van der Waals surface area contributed by atoms with Gasteiger partial charge in [0.25, 0.3) is 0 Å². The summed E-state index contributed by atoms with van der Waals surface area (Å²) >= 11 is 0. The van der Waals surface area contributed by atoms with Gasteiger partial charge in [-0.2, -0.15) is 0 Å². The molecule has 0 fully saturated rings. The molecule has 0 N–H and O–H groups in total. The SMILES string of the molecule is Cc1c(C)c2c(c(C)c1OC(=O)CN(C)C)CC[C@@](C)(CCC[C@H](C)CCC[C@H](C)CCCC(C)C)O2.Cl. The van der Waals surface area contributed by atoms with Gasteiger partial charge in [-0.25, -0.2) is 0 Å². The number of rotatable bonds is 15. The molecule has 0 amide bonds. The van der Waals surface area contributed by atoms with Crippen LogP contribution in [0.15, 0.2) is 0 Å².